The first-order valence-corrected chi connectivity index (χ1v) is 11.2. The number of carbonyl (C=O) groups is 1. The predicted octanol–water partition coefficient (Wildman–Crippen LogP) is 4.32. The Bertz CT molecular complexity index is 709. The molecule has 8 unspecified atom stereocenters. The van der Waals surface area contributed by atoms with E-state index in [2.05, 4.69) is 26.8 Å². The molecule has 0 bridgehead atoms. The van der Waals surface area contributed by atoms with E-state index >= 15 is 0 Å². The first-order valence-electron chi connectivity index (χ1n) is 11.2. The van der Waals surface area contributed by atoms with E-state index < -0.39 is 5.97 Å². The first kappa shape index (κ1) is 20.2. The number of carboxylic acids is 1. The summed E-state index contributed by atoms with van der Waals surface area (Å²) in [6.07, 6.45) is 10.4. The van der Waals surface area contributed by atoms with Crippen molar-refractivity contribution in [1.29, 1.82) is 0 Å². The highest BCUT2D eigenvalue weighted by Crippen LogP contribution is 2.65. The molecule has 0 saturated heterocycles. The summed E-state index contributed by atoms with van der Waals surface area (Å²) in [5.74, 6) is 0.809. The quantitative estimate of drug-likeness (QED) is 0.627. The van der Waals surface area contributed by atoms with Gasteiger partial charge in [0.05, 0.1) is 12.2 Å². The van der Waals surface area contributed by atoms with Crippen LogP contribution in [0, 0.1) is 34.5 Å². The predicted molar refractivity (Wildman–Crippen MR) is 109 cm³/mol. The molecule has 4 aliphatic rings. The summed E-state index contributed by atoms with van der Waals surface area (Å²) in [5, 5.41) is 30.6. The fourth-order valence-electron chi connectivity index (χ4n) is 7.49. The second-order valence-electron chi connectivity index (χ2n) is 10.4. The maximum Gasteiger partial charge on any atom is 0.303 e. The highest BCUT2D eigenvalue weighted by atomic mass is 16.4. The van der Waals surface area contributed by atoms with Gasteiger partial charge in [0.1, 0.15) is 0 Å². The van der Waals surface area contributed by atoms with Crippen LogP contribution in [-0.4, -0.2) is 33.5 Å². The van der Waals surface area contributed by atoms with Gasteiger partial charge in [0, 0.05) is 11.8 Å². The van der Waals surface area contributed by atoms with Crippen LogP contribution >= 0.6 is 0 Å². The van der Waals surface area contributed by atoms with Gasteiger partial charge in [0.2, 0.25) is 0 Å². The Morgan fingerprint density at radius 1 is 1.21 bits per heavy atom. The van der Waals surface area contributed by atoms with E-state index in [0.717, 1.165) is 38.5 Å². The molecule has 2 fully saturated rings. The summed E-state index contributed by atoms with van der Waals surface area (Å²) < 4.78 is 0. The van der Waals surface area contributed by atoms with Crippen molar-refractivity contribution in [2.75, 3.05) is 0 Å². The van der Waals surface area contributed by atoms with Crippen molar-refractivity contribution in [3.63, 3.8) is 0 Å². The highest BCUT2D eigenvalue weighted by Gasteiger charge is 2.58. The normalized spacial score (nSPS) is 46.0. The van der Waals surface area contributed by atoms with Crippen LogP contribution in [0.4, 0.5) is 0 Å². The van der Waals surface area contributed by atoms with Gasteiger partial charge in [0.15, 0.2) is 0 Å². The van der Waals surface area contributed by atoms with E-state index in [0.29, 0.717) is 30.1 Å². The van der Waals surface area contributed by atoms with Crippen LogP contribution < -0.4 is 0 Å². The maximum atomic E-state index is 11.4. The summed E-state index contributed by atoms with van der Waals surface area (Å²) in [6.45, 7) is 6.76. The topological polar surface area (TPSA) is 77.8 Å². The molecule has 0 heterocycles. The minimum atomic E-state index is -0.727. The van der Waals surface area contributed by atoms with Gasteiger partial charge in [-0.25, -0.2) is 0 Å². The number of allylic oxidation sites excluding steroid dienone is 2. The number of hydrogen-bond donors (Lipinski definition) is 3. The van der Waals surface area contributed by atoms with Crippen molar-refractivity contribution < 1.29 is 20.1 Å². The summed E-state index contributed by atoms with van der Waals surface area (Å²) in [7, 11) is 0. The minimum absolute atomic E-state index is 0.0368. The van der Waals surface area contributed by atoms with Crippen LogP contribution in [0.3, 0.4) is 0 Å². The van der Waals surface area contributed by atoms with Gasteiger partial charge in [-0.05, 0) is 74.0 Å². The lowest BCUT2D eigenvalue weighted by Gasteiger charge is -2.56. The van der Waals surface area contributed by atoms with Crippen LogP contribution in [0.1, 0.15) is 72.1 Å². The minimum Gasteiger partial charge on any atom is -0.481 e. The van der Waals surface area contributed by atoms with Crippen LogP contribution in [0.15, 0.2) is 23.3 Å². The molecule has 0 aromatic carbocycles. The standard InChI is InChI=1S/C24H36O4/c1-14(4-9-22(27)28)18-7-8-19-17-6-5-15-12-16(25)10-11-23(15,2)20(17)13-21(26)24(18,19)3/h10-11,14-16,18,20-21,25-26H,4-9,12-13H2,1-3H3,(H,27,28). The Balaban J connectivity index is 1.67. The molecule has 0 aromatic rings. The monoisotopic (exact) mass is 388 g/mol. The van der Waals surface area contributed by atoms with Gasteiger partial charge in [0.25, 0.3) is 0 Å². The second kappa shape index (κ2) is 6.98. The van der Waals surface area contributed by atoms with Crippen molar-refractivity contribution in [2.24, 2.45) is 34.5 Å². The molecule has 0 aromatic heterocycles. The molecule has 8 atom stereocenters. The zero-order valence-corrected chi connectivity index (χ0v) is 17.5. The van der Waals surface area contributed by atoms with Gasteiger partial charge >= 0.3 is 5.97 Å². The average molecular weight is 389 g/mol. The molecule has 2 saturated carbocycles. The summed E-state index contributed by atoms with van der Waals surface area (Å²) in [5.41, 5.74) is 2.91. The number of carboxylic acid groups (broad SMARTS) is 1. The lowest BCUT2D eigenvalue weighted by molar-refractivity contribution is -0.137. The molecule has 4 rings (SSSR count). The molecule has 4 heteroatoms. The van der Waals surface area contributed by atoms with Crippen molar-refractivity contribution in [3.05, 3.63) is 23.3 Å². The first-order chi connectivity index (χ1) is 13.2. The van der Waals surface area contributed by atoms with Crippen molar-refractivity contribution in [2.45, 2.75) is 84.3 Å². The van der Waals surface area contributed by atoms with Gasteiger partial charge < -0.3 is 15.3 Å². The molecule has 4 aliphatic carbocycles. The zero-order valence-electron chi connectivity index (χ0n) is 17.5. The third-order valence-corrected chi connectivity index (χ3v) is 9.18. The summed E-state index contributed by atoms with van der Waals surface area (Å²) in [4.78, 5) is 11.0. The number of rotatable bonds is 4. The Labute approximate surface area is 168 Å². The highest BCUT2D eigenvalue weighted by molar-refractivity contribution is 5.66. The molecule has 3 N–H and O–H groups in total. The van der Waals surface area contributed by atoms with Gasteiger partial charge in [-0.2, -0.15) is 0 Å². The molecule has 0 radical (unpaired) electrons. The van der Waals surface area contributed by atoms with Gasteiger partial charge in [-0.15, -0.1) is 0 Å². The van der Waals surface area contributed by atoms with Crippen LogP contribution in [0.2, 0.25) is 0 Å². The Hall–Kier alpha value is -1.13. The Kier molecular flexibility index (Phi) is 5.03. The largest absolute Gasteiger partial charge is 0.481 e. The van der Waals surface area contributed by atoms with Crippen LogP contribution in [-0.2, 0) is 4.79 Å². The fraction of sp³-hybridized carbons (Fsp3) is 0.792. The zero-order chi connectivity index (χ0) is 20.3. The number of aliphatic hydroxyl groups excluding tert-OH is 2. The molecule has 0 aliphatic heterocycles. The molecule has 156 valence electrons. The van der Waals surface area contributed by atoms with Gasteiger partial charge in [-0.3, -0.25) is 4.79 Å². The third kappa shape index (κ3) is 2.90. The van der Waals surface area contributed by atoms with E-state index in [9.17, 15) is 15.0 Å². The van der Waals surface area contributed by atoms with Crippen molar-refractivity contribution in [1.82, 2.24) is 0 Å². The van der Waals surface area contributed by atoms with Crippen LogP contribution in [0.5, 0.6) is 0 Å². The SMILES string of the molecule is CC(CCC(=O)O)C1CCC2=C3CCC4CC(O)C=CC4(C)C3CC(O)C21C. The lowest BCUT2D eigenvalue weighted by Crippen LogP contribution is -2.51. The molecule has 4 nitrogen and oxygen atoms in total. The molecular formula is C24H36O4. The number of hydrogen-bond acceptors (Lipinski definition) is 3. The molecule has 0 spiro atoms. The number of fused-ring (bicyclic) bond motifs is 4. The maximum absolute atomic E-state index is 11.4. The average Bonchev–Trinajstić information content (AvgIpc) is 3.00. The smallest absolute Gasteiger partial charge is 0.303 e. The molecule has 0 amide bonds. The van der Waals surface area contributed by atoms with Crippen molar-refractivity contribution >= 4 is 5.97 Å². The fourth-order valence-corrected chi connectivity index (χ4v) is 7.49. The second-order valence-corrected chi connectivity index (χ2v) is 10.4. The van der Waals surface area contributed by atoms with E-state index in [4.69, 9.17) is 5.11 Å². The summed E-state index contributed by atoms with van der Waals surface area (Å²) in [6, 6.07) is 0. The van der Waals surface area contributed by atoms with E-state index in [1.165, 1.54) is 5.57 Å². The van der Waals surface area contributed by atoms with Gasteiger partial charge in [-0.1, -0.05) is 44.1 Å². The third-order valence-electron chi connectivity index (χ3n) is 9.18. The Morgan fingerprint density at radius 3 is 2.68 bits per heavy atom. The van der Waals surface area contributed by atoms with E-state index in [-0.39, 0.29) is 29.5 Å². The van der Waals surface area contributed by atoms with E-state index in [1.54, 1.807) is 5.57 Å². The Morgan fingerprint density at radius 2 is 1.96 bits per heavy atom. The molecular weight excluding hydrogens is 352 g/mol. The van der Waals surface area contributed by atoms with Crippen molar-refractivity contribution in [3.8, 4) is 0 Å². The van der Waals surface area contributed by atoms with E-state index in [1.807, 2.05) is 6.08 Å². The summed E-state index contributed by atoms with van der Waals surface area (Å²) >= 11 is 0. The number of aliphatic carboxylic acids is 1. The lowest BCUT2D eigenvalue weighted by atomic mass is 9.49. The number of aliphatic hydroxyl groups is 2. The van der Waals surface area contributed by atoms with Crippen LogP contribution in [0.25, 0.3) is 0 Å². The molecule has 28 heavy (non-hydrogen) atoms.